The van der Waals surface area contributed by atoms with Crippen molar-refractivity contribution in [2.75, 3.05) is 20.1 Å². The summed E-state index contributed by atoms with van der Waals surface area (Å²) in [5, 5.41) is 12.2. The molecule has 0 heterocycles. The third-order valence-corrected chi connectivity index (χ3v) is 4.06. The minimum absolute atomic E-state index is 0.0367. The van der Waals surface area contributed by atoms with Gasteiger partial charge in [-0.2, -0.15) is 0 Å². The molecule has 0 aliphatic heterocycles. The van der Waals surface area contributed by atoms with E-state index in [0.717, 1.165) is 25.7 Å². The molecule has 0 aromatic carbocycles. The van der Waals surface area contributed by atoms with Crippen LogP contribution in [0.5, 0.6) is 0 Å². The lowest BCUT2D eigenvalue weighted by Gasteiger charge is -2.28. The normalized spacial score (nSPS) is 17.9. The van der Waals surface area contributed by atoms with Crippen LogP contribution in [0.4, 0.5) is 0 Å². The van der Waals surface area contributed by atoms with E-state index in [4.69, 9.17) is 0 Å². The maximum atomic E-state index is 11.8. The maximum Gasteiger partial charge on any atom is 0.311 e. The number of aliphatic carboxylic acids is 1. The van der Waals surface area contributed by atoms with Crippen molar-refractivity contribution in [3.05, 3.63) is 0 Å². The lowest BCUT2D eigenvalue weighted by molar-refractivity contribution is -0.150. The molecule has 0 bridgehead atoms. The van der Waals surface area contributed by atoms with Crippen LogP contribution in [0, 0.1) is 5.41 Å². The third kappa shape index (κ3) is 4.51. The van der Waals surface area contributed by atoms with Gasteiger partial charge in [0.15, 0.2) is 0 Å². The summed E-state index contributed by atoms with van der Waals surface area (Å²) in [4.78, 5) is 35.7. The zero-order chi connectivity index (χ0) is 15.2. The number of amides is 2. The average Bonchev–Trinajstić information content (AvgIpc) is 2.62. The number of likely N-dealkylation sites (N-methyl/N-ethyl adjacent to an activating group) is 1. The second kappa shape index (κ2) is 7.26. The van der Waals surface area contributed by atoms with Crippen LogP contribution in [0.2, 0.25) is 0 Å². The molecule has 0 aromatic heterocycles. The maximum absolute atomic E-state index is 11.8. The van der Waals surface area contributed by atoms with Crippen molar-refractivity contribution >= 4 is 17.8 Å². The summed E-state index contributed by atoms with van der Waals surface area (Å²) in [6.07, 6.45) is 5.08. The van der Waals surface area contributed by atoms with Gasteiger partial charge in [-0.1, -0.05) is 25.7 Å². The van der Waals surface area contributed by atoms with E-state index in [1.165, 1.54) is 11.8 Å². The van der Waals surface area contributed by atoms with Crippen molar-refractivity contribution in [1.29, 1.82) is 0 Å². The van der Waals surface area contributed by atoms with E-state index in [-0.39, 0.29) is 24.9 Å². The Balaban J connectivity index is 2.56. The standard InChI is InChI=1S/C14H24N2O4/c1-11(17)16(2)9-12(18)15-10-14(13(19)20)7-5-3-4-6-8-14/h3-10H2,1-2H3,(H,15,18)(H,19,20). The zero-order valence-corrected chi connectivity index (χ0v) is 12.3. The molecule has 0 spiro atoms. The summed E-state index contributed by atoms with van der Waals surface area (Å²) in [6, 6.07) is 0. The molecule has 0 atom stereocenters. The van der Waals surface area contributed by atoms with Gasteiger partial charge in [0.2, 0.25) is 11.8 Å². The fourth-order valence-corrected chi connectivity index (χ4v) is 2.52. The smallest absolute Gasteiger partial charge is 0.311 e. The van der Waals surface area contributed by atoms with E-state index in [9.17, 15) is 19.5 Å². The van der Waals surface area contributed by atoms with E-state index in [1.807, 2.05) is 0 Å². The Morgan fingerprint density at radius 3 is 2.15 bits per heavy atom. The molecule has 2 N–H and O–H groups in total. The van der Waals surface area contributed by atoms with Crippen molar-refractivity contribution in [3.8, 4) is 0 Å². The first-order valence-corrected chi connectivity index (χ1v) is 7.09. The predicted octanol–water partition coefficient (Wildman–Crippen LogP) is 1.01. The van der Waals surface area contributed by atoms with Crippen molar-refractivity contribution in [2.45, 2.75) is 45.4 Å². The van der Waals surface area contributed by atoms with Gasteiger partial charge < -0.3 is 15.3 Å². The fourth-order valence-electron chi connectivity index (χ4n) is 2.52. The molecule has 6 nitrogen and oxygen atoms in total. The summed E-state index contributed by atoms with van der Waals surface area (Å²) < 4.78 is 0. The van der Waals surface area contributed by atoms with Crippen LogP contribution < -0.4 is 5.32 Å². The van der Waals surface area contributed by atoms with Crippen LogP contribution >= 0.6 is 0 Å². The summed E-state index contributed by atoms with van der Waals surface area (Å²) in [6.45, 7) is 1.50. The van der Waals surface area contributed by atoms with Crippen LogP contribution in [-0.2, 0) is 14.4 Å². The number of hydrogen-bond donors (Lipinski definition) is 2. The van der Waals surface area contributed by atoms with E-state index >= 15 is 0 Å². The lowest BCUT2D eigenvalue weighted by atomic mass is 9.80. The van der Waals surface area contributed by atoms with E-state index in [0.29, 0.717) is 12.8 Å². The first-order valence-electron chi connectivity index (χ1n) is 7.09. The SMILES string of the molecule is CC(=O)N(C)CC(=O)NCC1(C(=O)O)CCCCCC1. The highest BCUT2D eigenvalue weighted by molar-refractivity contribution is 5.84. The number of rotatable bonds is 5. The van der Waals surface area contributed by atoms with Crippen LogP contribution in [0.15, 0.2) is 0 Å². The molecular formula is C14H24N2O4. The summed E-state index contributed by atoms with van der Waals surface area (Å²) >= 11 is 0. The molecule has 20 heavy (non-hydrogen) atoms. The summed E-state index contributed by atoms with van der Waals surface area (Å²) in [5.41, 5.74) is -0.846. The highest BCUT2D eigenvalue weighted by atomic mass is 16.4. The van der Waals surface area contributed by atoms with Crippen molar-refractivity contribution < 1.29 is 19.5 Å². The van der Waals surface area contributed by atoms with Crippen molar-refractivity contribution in [2.24, 2.45) is 5.41 Å². The highest BCUT2D eigenvalue weighted by Gasteiger charge is 2.38. The summed E-state index contributed by atoms with van der Waals surface area (Å²) in [7, 11) is 1.54. The Hall–Kier alpha value is -1.59. The highest BCUT2D eigenvalue weighted by Crippen LogP contribution is 2.34. The van der Waals surface area contributed by atoms with Gasteiger partial charge in [0, 0.05) is 20.5 Å². The molecule has 2 amide bonds. The fraction of sp³-hybridized carbons (Fsp3) is 0.786. The molecule has 0 saturated heterocycles. The van der Waals surface area contributed by atoms with Gasteiger partial charge in [-0.15, -0.1) is 0 Å². The molecular weight excluding hydrogens is 260 g/mol. The molecule has 1 saturated carbocycles. The van der Waals surface area contributed by atoms with Crippen LogP contribution in [-0.4, -0.2) is 47.9 Å². The van der Waals surface area contributed by atoms with Gasteiger partial charge in [-0.3, -0.25) is 14.4 Å². The number of nitrogens with one attached hydrogen (secondary N) is 1. The molecule has 1 aliphatic carbocycles. The average molecular weight is 284 g/mol. The summed E-state index contributed by atoms with van der Waals surface area (Å²) in [5.74, 6) is -1.34. The van der Waals surface area contributed by atoms with E-state index in [1.54, 1.807) is 7.05 Å². The molecule has 1 rings (SSSR count). The van der Waals surface area contributed by atoms with Crippen LogP contribution in [0.1, 0.15) is 45.4 Å². The van der Waals surface area contributed by atoms with Gasteiger partial charge in [0.05, 0.1) is 12.0 Å². The number of carbonyl (C=O) groups excluding carboxylic acids is 2. The van der Waals surface area contributed by atoms with Gasteiger partial charge >= 0.3 is 5.97 Å². The predicted molar refractivity (Wildman–Crippen MR) is 74.1 cm³/mol. The Morgan fingerprint density at radius 1 is 1.15 bits per heavy atom. The lowest BCUT2D eigenvalue weighted by Crippen LogP contribution is -2.45. The second-order valence-corrected chi connectivity index (χ2v) is 5.65. The third-order valence-electron chi connectivity index (χ3n) is 4.06. The molecule has 6 heteroatoms. The topological polar surface area (TPSA) is 86.7 Å². The van der Waals surface area contributed by atoms with Crippen LogP contribution in [0.3, 0.4) is 0 Å². The Bertz CT molecular complexity index is 373. The minimum atomic E-state index is -0.846. The first-order chi connectivity index (χ1) is 9.37. The Labute approximate surface area is 119 Å². The molecule has 1 fully saturated rings. The number of carboxylic acids is 1. The van der Waals surface area contributed by atoms with E-state index in [2.05, 4.69) is 5.32 Å². The number of nitrogens with zero attached hydrogens (tertiary/aromatic N) is 1. The zero-order valence-electron chi connectivity index (χ0n) is 12.3. The van der Waals surface area contributed by atoms with Crippen LogP contribution in [0.25, 0.3) is 0 Å². The molecule has 114 valence electrons. The number of hydrogen-bond acceptors (Lipinski definition) is 3. The molecule has 0 unspecified atom stereocenters. The number of carboxylic acid groups (broad SMARTS) is 1. The second-order valence-electron chi connectivity index (χ2n) is 5.65. The van der Waals surface area contributed by atoms with E-state index < -0.39 is 11.4 Å². The first kappa shape index (κ1) is 16.5. The minimum Gasteiger partial charge on any atom is -0.481 e. The largest absolute Gasteiger partial charge is 0.481 e. The monoisotopic (exact) mass is 284 g/mol. The molecule has 0 radical (unpaired) electrons. The number of carbonyl (C=O) groups is 3. The quantitative estimate of drug-likeness (QED) is 0.738. The van der Waals surface area contributed by atoms with Gasteiger partial charge in [0.1, 0.15) is 0 Å². The molecule has 1 aliphatic rings. The van der Waals surface area contributed by atoms with Crippen molar-refractivity contribution in [3.63, 3.8) is 0 Å². The Morgan fingerprint density at radius 2 is 1.70 bits per heavy atom. The van der Waals surface area contributed by atoms with Crippen molar-refractivity contribution in [1.82, 2.24) is 10.2 Å². The Kier molecular flexibility index (Phi) is 5.98. The van der Waals surface area contributed by atoms with Gasteiger partial charge in [-0.25, -0.2) is 0 Å². The van der Waals surface area contributed by atoms with Gasteiger partial charge in [-0.05, 0) is 12.8 Å². The molecule has 0 aromatic rings. The van der Waals surface area contributed by atoms with Gasteiger partial charge in [0.25, 0.3) is 0 Å².